The van der Waals surface area contributed by atoms with Crippen molar-refractivity contribution in [1.82, 2.24) is 0 Å². The molecule has 0 heterocycles. The second kappa shape index (κ2) is 6.06. The van der Waals surface area contributed by atoms with E-state index in [9.17, 15) is 22.8 Å². The Kier molecular flexibility index (Phi) is 4.94. The molecule has 1 rings (SSSR count). The molecule has 104 valence electrons. The smallest absolute Gasteiger partial charge is 0.417 e. The molecule has 19 heavy (non-hydrogen) atoms. The Bertz CT molecular complexity index is 497. The van der Waals surface area contributed by atoms with Crippen molar-refractivity contribution in [1.29, 1.82) is 0 Å². The SMILES string of the molecule is CCOC(=O)CC(=O)c1cc(Cl)ccc1C(F)(F)F. The highest BCUT2D eigenvalue weighted by molar-refractivity contribution is 6.31. The van der Waals surface area contributed by atoms with Gasteiger partial charge >= 0.3 is 12.1 Å². The van der Waals surface area contributed by atoms with Crippen LogP contribution in [0.25, 0.3) is 0 Å². The minimum absolute atomic E-state index is 0.0137. The molecule has 0 fully saturated rings. The van der Waals surface area contributed by atoms with Gasteiger partial charge in [-0.1, -0.05) is 11.6 Å². The van der Waals surface area contributed by atoms with Crippen LogP contribution in [0.15, 0.2) is 18.2 Å². The molecule has 3 nitrogen and oxygen atoms in total. The van der Waals surface area contributed by atoms with Crippen LogP contribution >= 0.6 is 11.6 Å². The molecule has 0 aliphatic carbocycles. The van der Waals surface area contributed by atoms with Crippen molar-refractivity contribution < 1.29 is 27.5 Å². The molecular weight excluding hydrogens is 285 g/mol. The highest BCUT2D eigenvalue weighted by Crippen LogP contribution is 2.33. The van der Waals surface area contributed by atoms with Gasteiger partial charge in [-0.3, -0.25) is 9.59 Å². The summed E-state index contributed by atoms with van der Waals surface area (Å²) in [5.41, 5.74) is -1.75. The number of hydrogen-bond donors (Lipinski definition) is 0. The molecule has 0 aliphatic rings. The number of ether oxygens (including phenoxy) is 1. The van der Waals surface area contributed by atoms with Gasteiger partial charge in [-0.2, -0.15) is 13.2 Å². The maximum atomic E-state index is 12.7. The quantitative estimate of drug-likeness (QED) is 0.485. The molecular formula is C12H10ClF3O3. The normalized spacial score (nSPS) is 11.2. The van der Waals surface area contributed by atoms with Crippen LogP contribution in [0.3, 0.4) is 0 Å². The van der Waals surface area contributed by atoms with Crippen LogP contribution in [-0.4, -0.2) is 18.4 Å². The van der Waals surface area contributed by atoms with Gasteiger partial charge in [0.2, 0.25) is 0 Å². The van der Waals surface area contributed by atoms with Crippen LogP contribution in [0.5, 0.6) is 0 Å². The van der Waals surface area contributed by atoms with E-state index in [0.29, 0.717) is 6.07 Å². The van der Waals surface area contributed by atoms with Crippen LogP contribution in [0, 0.1) is 0 Å². The number of ketones is 1. The maximum absolute atomic E-state index is 12.7. The molecule has 0 atom stereocenters. The van der Waals surface area contributed by atoms with Crippen molar-refractivity contribution in [3.8, 4) is 0 Å². The van der Waals surface area contributed by atoms with E-state index in [0.717, 1.165) is 12.1 Å². The van der Waals surface area contributed by atoms with E-state index in [1.54, 1.807) is 0 Å². The fraction of sp³-hybridized carbons (Fsp3) is 0.333. The molecule has 0 saturated carbocycles. The zero-order valence-electron chi connectivity index (χ0n) is 9.88. The van der Waals surface area contributed by atoms with Crippen LogP contribution in [-0.2, 0) is 15.7 Å². The number of rotatable bonds is 4. The molecule has 0 radical (unpaired) electrons. The Morgan fingerprint density at radius 3 is 2.47 bits per heavy atom. The lowest BCUT2D eigenvalue weighted by Gasteiger charge is -2.12. The number of esters is 1. The molecule has 0 N–H and O–H groups in total. The lowest BCUT2D eigenvalue weighted by molar-refractivity contribution is -0.142. The largest absolute Gasteiger partial charge is 0.466 e. The van der Waals surface area contributed by atoms with E-state index in [1.165, 1.54) is 6.92 Å². The molecule has 0 unspecified atom stereocenters. The van der Waals surface area contributed by atoms with Crippen molar-refractivity contribution in [3.63, 3.8) is 0 Å². The van der Waals surface area contributed by atoms with Crippen LogP contribution < -0.4 is 0 Å². The van der Waals surface area contributed by atoms with Gasteiger partial charge in [0.05, 0.1) is 12.2 Å². The van der Waals surface area contributed by atoms with Crippen molar-refractivity contribution in [2.24, 2.45) is 0 Å². The van der Waals surface area contributed by atoms with Crippen LogP contribution in [0.1, 0.15) is 29.3 Å². The van der Waals surface area contributed by atoms with Crippen molar-refractivity contribution in [2.45, 2.75) is 19.5 Å². The average Bonchev–Trinajstić information content (AvgIpc) is 2.27. The minimum atomic E-state index is -4.69. The topological polar surface area (TPSA) is 43.4 Å². The van der Waals surface area contributed by atoms with E-state index in [4.69, 9.17) is 11.6 Å². The summed E-state index contributed by atoms with van der Waals surface area (Å²) < 4.78 is 42.7. The molecule has 0 amide bonds. The lowest BCUT2D eigenvalue weighted by Crippen LogP contribution is -2.17. The zero-order valence-corrected chi connectivity index (χ0v) is 10.6. The fourth-order valence-corrected chi connectivity index (χ4v) is 1.60. The summed E-state index contributed by atoms with van der Waals surface area (Å²) in [6.07, 6.45) is -5.44. The highest BCUT2D eigenvalue weighted by atomic mass is 35.5. The molecule has 7 heteroatoms. The Labute approximate surface area is 112 Å². The summed E-state index contributed by atoms with van der Waals surface area (Å²) in [4.78, 5) is 22.8. The number of Topliss-reactive ketones (excluding diaryl/α,β-unsaturated/α-hetero) is 1. The third-order valence-electron chi connectivity index (χ3n) is 2.20. The first-order valence-corrected chi connectivity index (χ1v) is 5.69. The summed E-state index contributed by atoms with van der Waals surface area (Å²) in [6, 6.07) is 2.64. The first-order chi connectivity index (χ1) is 8.75. The third kappa shape index (κ3) is 4.24. The Balaban J connectivity index is 3.08. The Hall–Kier alpha value is -1.56. The Morgan fingerprint density at radius 1 is 1.32 bits per heavy atom. The fourth-order valence-electron chi connectivity index (χ4n) is 1.43. The molecule has 1 aromatic rings. The Morgan fingerprint density at radius 2 is 1.95 bits per heavy atom. The second-order valence-corrected chi connectivity index (χ2v) is 4.03. The van der Waals surface area contributed by atoms with Gasteiger partial charge in [-0.05, 0) is 25.1 Å². The lowest BCUT2D eigenvalue weighted by atomic mass is 10.0. The molecule has 0 aromatic heterocycles. The number of hydrogen-bond acceptors (Lipinski definition) is 3. The zero-order chi connectivity index (χ0) is 14.6. The summed E-state index contributed by atoms with van der Waals surface area (Å²) in [6.45, 7) is 1.58. The van der Waals surface area contributed by atoms with E-state index in [2.05, 4.69) is 4.74 Å². The predicted octanol–water partition coefficient (Wildman–Crippen LogP) is 3.49. The van der Waals surface area contributed by atoms with Gasteiger partial charge in [-0.15, -0.1) is 0 Å². The minimum Gasteiger partial charge on any atom is -0.466 e. The first-order valence-electron chi connectivity index (χ1n) is 5.31. The van der Waals surface area contributed by atoms with Gasteiger partial charge in [0.25, 0.3) is 0 Å². The first kappa shape index (κ1) is 15.5. The summed E-state index contributed by atoms with van der Waals surface area (Å²) in [7, 11) is 0. The molecule has 0 spiro atoms. The van der Waals surface area contributed by atoms with E-state index in [1.807, 2.05) is 0 Å². The standard InChI is InChI=1S/C12H10ClF3O3/c1-2-19-11(18)6-10(17)8-5-7(13)3-4-9(8)12(14,15)16/h3-5H,2,6H2,1H3. The maximum Gasteiger partial charge on any atom is 0.417 e. The number of halogens is 4. The van der Waals surface area contributed by atoms with Crippen molar-refractivity contribution in [3.05, 3.63) is 34.3 Å². The van der Waals surface area contributed by atoms with Crippen LogP contribution in [0.2, 0.25) is 5.02 Å². The van der Waals surface area contributed by atoms with Gasteiger partial charge in [0.15, 0.2) is 5.78 Å². The molecule has 0 saturated heterocycles. The van der Waals surface area contributed by atoms with Gasteiger partial charge in [-0.25, -0.2) is 0 Å². The van der Waals surface area contributed by atoms with Gasteiger partial charge in [0.1, 0.15) is 6.42 Å². The summed E-state index contributed by atoms with van der Waals surface area (Å²) in [5, 5.41) is -0.0137. The van der Waals surface area contributed by atoms with Gasteiger partial charge in [0, 0.05) is 10.6 Å². The van der Waals surface area contributed by atoms with E-state index >= 15 is 0 Å². The molecule has 0 bridgehead atoms. The molecule has 1 aromatic carbocycles. The summed E-state index contributed by atoms with van der Waals surface area (Å²) >= 11 is 5.57. The second-order valence-electron chi connectivity index (χ2n) is 3.59. The van der Waals surface area contributed by atoms with Gasteiger partial charge < -0.3 is 4.74 Å². The number of benzene rings is 1. The predicted molar refractivity (Wildman–Crippen MR) is 62.0 cm³/mol. The number of alkyl halides is 3. The summed E-state index contributed by atoms with van der Waals surface area (Å²) in [5.74, 6) is -1.85. The number of carbonyl (C=O) groups is 2. The highest BCUT2D eigenvalue weighted by Gasteiger charge is 2.35. The average molecular weight is 295 g/mol. The number of carbonyl (C=O) groups excluding carboxylic acids is 2. The third-order valence-corrected chi connectivity index (χ3v) is 2.43. The van der Waals surface area contributed by atoms with E-state index < -0.39 is 35.5 Å². The van der Waals surface area contributed by atoms with Crippen molar-refractivity contribution >= 4 is 23.4 Å². The monoisotopic (exact) mass is 294 g/mol. The van der Waals surface area contributed by atoms with Crippen molar-refractivity contribution in [2.75, 3.05) is 6.61 Å². The van der Waals surface area contributed by atoms with Crippen LogP contribution in [0.4, 0.5) is 13.2 Å². The molecule has 0 aliphatic heterocycles. The van der Waals surface area contributed by atoms with E-state index in [-0.39, 0.29) is 11.6 Å².